The molecule has 1 N–H and O–H groups in total. The van der Waals surface area contributed by atoms with E-state index in [2.05, 4.69) is 33.6 Å². The molecule has 2 unspecified atom stereocenters. The molecule has 6 nitrogen and oxygen atoms in total. The second kappa shape index (κ2) is 7.07. The van der Waals surface area contributed by atoms with Crippen molar-refractivity contribution in [3.05, 3.63) is 66.0 Å². The third kappa shape index (κ3) is 2.98. The highest BCUT2D eigenvalue weighted by Gasteiger charge is 2.31. The topological polar surface area (TPSA) is 61.2 Å². The molecule has 4 rings (SSSR count). The molecular weight excluding hydrogens is 328 g/mol. The zero-order valence-electron chi connectivity index (χ0n) is 14.9. The smallest absolute Gasteiger partial charge is 0.222 e. The summed E-state index contributed by atoms with van der Waals surface area (Å²) in [6, 6.07) is 16.5. The first-order chi connectivity index (χ1) is 12.8. The van der Waals surface area contributed by atoms with Gasteiger partial charge in [0.25, 0.3) is 0 Å². The molecule has 0 aliphatic carbocycles. The molecule has 134 valence electrons. The Morgan fingerprint density at radius 3 is 2.73 bits per heavy atom. The molecule has 0 radical (unpaired) electrons. The molecule has 0 bridgehead atoms. The highest BCUT2D eigenvalue weighted by molar-refractivity contribution is 5.43. The maximum Gasteiger partial charge on any atom is 0.222 e. The number of ether oxygens (including phenoxy) is 2. The number of benzene rings is 2. The van der Waals surface area contributed by atoms with Gasteiger partial charge in [-0.3, -0.25) is 0 Å². The van der Waals surface area contributed by atoms with Crippen molar-refractivity contribution < 1.29 is 9.47 Å². The van der Waals surface area contributed by atoms with Gasteiger partial charge in [0.1, 0.15) is 17.8 Å². The largest absolute Gasteiger partial charge is 0.497 e. The van der Waals surface area contributed by atoms with Gasteiger partial charge >= 0.3 is 0 Å². The van der Waals surface area contributed by atoms with Crippen molar-refractivity contribution in [1.29, 1.82) is 0 Å². The summed E-state index contributed by atoms with van der Waals surface area (Å²) < 4.78 is 13.1. The van der Waals surface area contributed by atoms with Gasteiger partial charge in [-0.2, -0.15) is 10.1 Å². The predicted molar refractivity (Wildman–Crippen MR) is 99.7 cm³/mol. The lowest BCUT2D eigenvalue weighted by Gasteiger charge is -2.32. The highest BCUT2D eigenvalue weighted by Crippen LogP contribution is 2.40. The standard InChI is InChI=1S/C20H22N4O2/c1-3-26-19-7-5-4-6-16(19)18-12-17(23-20-21-13-22-24(18)20)14-8-10-15(25-2)11-9-14/h4-11,13,17-18H,3,12H2,1-2H3,(H,21,22,23). The van der Waals surface area contributed by atoms with Crippen LogP contribution in [0.5, 0.6) is 11.5 Å². The normalized spacial score (nSPS) is 18.7. The number of aromatic nitrogens is 3. The van der Waals surface area contributed by atoms with Crippen molar-refractivity contribution in [3.63, 3.8) is 0 Å². The maximum absolute atomic E-state index is 5.85. The van der Waals surface area contributed by atoms with Gasteiger partial charge in [0.15, 0.2) is 0 Å². The van der Waals surface area contributed by atoms with E-state index in [9.17, 15) is 0 Å². The molecular formula is C20H22N4O2. The van der Waals surface area contributed by atoms with Crippen LogP contribution < -0.4 is 14.8 Å². The molecule has 0 fully saturated rings. The van der Waals surface area contributed by atoms with Gasteiger partial charge in [0.05, 0.1) is 25.8 Å². The van der Waals surface area contributed by atoms with Crippen LogP contribution in [0.4, 0.5) is 5.95 Å². The molecule has 6 heteroatoms. The Morgan fingerprint density at radius 1 is 1.15 bits per heavy atom. The molecule has 1 aliphatic rings. The summed E-state index contributed by atoms with van der Waals surface area (Å²) in [5, 5.41) is 7.93. The van der Waals surface area contributed by atoms with E-state index in [-0.39, 0.29) is 12.1 Å². The third-order valence-electron chi connectivity index (χ3n) is 4.73. The van der Waals surface area contributed by atoms with Crippen LogP contribution in [0.2, 0.25) is 0 Å². The van der Waals surface area contributed by atoms with Gasteiger partial charge in [-0.25, -0.2) is 4.68 Å². The predicted octanol–water partition coefficient (Wildman–Crippen LogP) is 3.83. The summed E-state index contributed by atoms with van der Waals surface area (Å²) in [6.45, 7) is 2.63. The minimum atomic E-state index is 0.0589. The lowest BCUT2D eigenvalue weighted by Crippen LogP contribution is -2.28. The number of fused-ring (bicyclic) bond motifs is 1. The second-order valence-corrected chi connectivity index (χ2v) is 6.22. The van der Waals surface area contributed by atoms with Crippen LogP contribution in [0, 0.1) is 0 Å². The molecule has 26 heavy (non-hydrogen) atoms. The van der Waals surface area contributed by atoms with Gasteiger partial charge in [-0.05, 0) is 37.1 Å². The average molecular weight is 350 g/mol. The monoisotopic (exact) mass is 350 g/mol. The van der Waals surface area contributed by atoms with Crippen molar-refractivity contribution in [2.75, 3.05) is 19.0 Å². The molecule has 3 aromatic rings. The van der Waals surface area contributed by atoms with E-state index in [4.69, 9.17) is 9.47 Å². The fourth-order valence-corrected chi connectivity index (χ4v) is 3.48. The number of para-hydroxylation sites is 1. The second-order valence-electron chi connectivity index (χ2n) is 6.22. The Hall–Kier alpha value is -3.02. The fourth-order valence-electron chi connectivity index (χ4n) is 3.48. The lowest BCUT2D eigenvalue weighted by atomic mass is 9.93. The zero-order valence-corrected chi connectivity index (χ0v) is 14.9. The van der Waals surface area contributed by atoms with Crippen molar-refractivity contribution in [2.45, 2.75) is 25.4 Å². The molecule has 1 aromatic heterocycles. The molecule has 0 spiro atoms. The van der Waals surface area contributed by atoms with Crippen LogP contribution >= 0.6 is 0 Å². The Kier molecular flexibility index (Phi) is 4.48. The van der Waals surface area contributed by atoms with Crippen molar-refractivity contribution in [1.82, 2.24) is 14.8 Å². The van der Waals surface area contributed by atoms with Crippen molar-refractivity contribution in [3.8, 4) is 11.5 Å². The number of hydrogen-bond acceptors (Lipinski definition) is 5. The van der Waals surface area contributed by atoms with Crippen LogP contribution in [0.3, 0.4) is 0 Å². The Labute approximate surface area is 152 Å². The van der Waals surface area contributed by atoms with E-state index in [1.807, 2.05) is 41.9 Å². The summed E-state index contributed by atoms with van der Waals surface area (Å²) in [6.07, 6.45) is 2.45. The van der Waals surface area contributed by atoms with Crippen molar-refractivity contribution in [2.24, 2.45) is 0 Å². The molecule has 0 saturated heterocycles. The minimum Gasteiger partial charge on any atom is -0.497 e. The first-order valence-corrected chi connectivity index (χ1v) is 8.82. The lowest BCUT2D eigenvalue weighted by molar-refractivity contribution is 0.325. The first-order valence-electron chi connectivity index (χ1n) is 8.82. The summed E-state index contributed by atoms with van der Waals surface area (Å²) in [5.41, 5.74) is 2.32. The highest BCUT2D eigenvalue weighted by atomic mass is 16.5. The van der Waals surface area contributed by atoms with Crippen LogP contribution in [-0.4, -0.2) is 28.5 Å². The van der Waals surface area contributed by atoms with E-state index >= 15 is 0 Å². The Balaban J connectivity index is 1.71. The maximum atomic E-state index is 5.85. The molecule has 2 aromatic carbocycles. The van der Waals surface area contributed by atoms with Crippen LogP contribution in [0.25, 0.3) is 0 Å². The molecule has 1 aliphatic heterocycles. The number of nitrogens with one attached hydrogen (secondary N) is 1. The van der Waals surface area contributed by atoms with Crippen molar-refractivity contribution >= 4 is 5.95 Å². The number of hydrogen-bond donors (Lipinski definition) is 1. The van der Waals surface area contributed by atoms with Gasteiger partial charge in [-0.15, -0.1) is 0 Å². The van der Waals surface area contributed by atoms with Crippen LogP contribution in [-0.2, 0) is 0 Å². The van der Waals surface area contributed by atoms with E-state index in [1.54, 1.807) is 13.4 Å². The molecule has 0 amide bonds. The summed E-state index contributed by atoms with van der Waals surface area (Å²) in [7, 11) is 1.68. The summed E-state index contributed by atoms with van der Waals surface area (Å²) in [5.74, 6) is 2.52. The van der Waals surface area contributed by atoms with E-state index in [0.29, 0.717) is 6.61 Å². The van der Waals surface area contributed by atoms with Crippen LogP contribution in [0.15, 0.2) is 54.9 Å². The molecule has 2 heterocycles. The average Bonchev–Trinajstić information content (AvgIpc) is 3.17. The van der Waals surface area contributed by atoms with E-state index in [0.717, 1.165) is 29.4 Å². The number of rotatable bonds is 5. The third-order valence-corrected chi connectivity index (χ3v) is 4.73. The Morgan fingerprint density at radius 2 is 1.96 bits per heavy atom. The first kappa shape index (κ1) is 16.4. The van der Waals surface area contributed by atoms with Gasteiger partial charge < -0.3 is 14.8 Å². The Bertz CT molecular complexity index is 876. The van der Waals surface area contributed by atoms with Gasteiger partial charge in [-0.1, -0.05) is 30.3 Å². The number of anilines is 1. The quantitative estimate of drug-likeness (QED) is 0.758. The van der Waals surface area contributed by atoms with E-state index < -0.39 is 0 Å². The van der Waals surface area contributed by atoms with Crippen LogP contribution in [0.1, 0.15) is 36.6 Å². The number of methoxy groups -OCH3 is 1. The van der Waals surface area contributed by atoms with Gasteiger partial charge in [0.2, 0.25) is 5.95 Å². The zero-order chi connectivity index (χ0) is 17.9. The SMILES string of the molecule is CCOc1ccccc1C1CC(c2ccc(OC)cc2)Nc2ncnn21. The fraction of sp³-hybridized carbons (Fsp3) is 0.300. The summed E-state index contributed by atoms with van der Waals surface area (Å²) >= 11 is 0. The number of nitrogens with zero attached hydrogens (tertiary/aromatic N) is 3. The minimum absolute atomic E-state index is 0.0589. The summed E-state index contributed by atoms with van der Waals surface area (Å²) in [4.78, 5) is 4.39. The van der Waals surface area contributed by atoms with E-state index in [1.165, 1.54) is 5.56 Å². The molecule has 2 atom stereocenters. The van der Waals surface area contributed by atoms with Gasteiger partial charge in [0, 0.05) is 5.56 Å². The molecule has 0 saturated carbocycles.